The smallest absolute Gasteiger partial charge is 0.291 e. The molecule has 0 saturated carbocycles. The van der Waals surface area contributed by atoms with Crippen LogP contribution < -0.4 is 25.4 Å². The minimum Gasteiger partial charge on any atom is -0.484 e. The van der Waals surface area contributed by atoms with E-state index in [1.807, 2.05) is 25.1 Å². The molecule has 1 atom stereocenters. The topological polar surface area (TPSA) is 121 Å². The molecule has 0 radical (unpaired) electrons. The molecule has 3 aromatic carbocycles. The minimum absolute atomic E-state index is 0.0288. The van der Waals surface area contributed by atoms with Crippen molar-refractivity contribution in [2.45, 2.75) is 19.5 Å². The van der Waals surface area contributed by atoms with Crippen molar-refractivity contribution < 1.29 is 28.2 Å². The van der Waals surface area contributed by atoms with E-state index >= 15 is 0 Å². The lowest BCUT2D eigenvalue weighted by atomic mass is 9.97. The molecule has 37 heavy (non-hydrogen) atoms. The molecule has 9 nitrogen and oxygen atoms in total. The molecule has 4 aromatic rings. The molecule has 0 spiro atoms. The zero-order chi connectivity index (χ0) is 25.7. The third-order valence-corrected chi connectivity index (χ3v) is 6.49. The molecule has 0 saturated heterocycles. The van der Waals surface area contributed by atoms with Crippen molar-refractivity contribution in [3.63, 3.8) is 0 Å². The third kappa shape index (κ3) is 3.94. The van der Waals surface area contributed by atoms with Crippen molar-refractivity contribution in [3.8, 4) is 17.2 Å². The van der Waals surface area contributed by atoms with Gasteiger partial charge >= 0.3 is 0 Å². The Kier molecular flexibility index (Phi) is 5.33. The van der Waals surface area contributed by atoms with Crippen LogP contribution in [-0.2, 0) is 11.3 Å². The number of aryl methyl sites for hydroxylation is 1. The van der Waals surface area contributed by atoms with E-state index in [4.69, 9.17) is 24.4 Å². The zero-order valence-electron chi connectivity index (χ0n) is 19.9. The summed E-state index contributed by atoms with van der Waals surface area (Å²) in [4.78, 5) is 40.1. The van der Waals surface area contributed by atoms with Crippen LogP contribution in [0.1, 0.15) is 38.9 Å². The average molecular weight is 498 g/mol. The second-order valence-corrected chi connectivity index (χ2v) is 9.02. The summed E-state index contributed by atoms with van der Waals surface area (Å²) in [5.41, 5.74) is 7.98. The van der Waals surface area contributed by atoms with Gasteiger partial charge in [0.1, 0.15) is 11.3 Å². The highest BCUT2D eigenvalue weighted by Crippen LogP contribution is 2.41. The molecule has 2 aliphatic rings. The molecule has 0 fully saturated rings. The summed E-state index contributed by atoms with van der Waals surface area (Å²) in [5.74, 6) is 0.739. The summed E-state index contributed by atoms with van der Waals surface area (Å²) in [6.45, 7) is 1.99. The molecule has 0 bridgehead atoms. The maximum atomic E-state index is 13.7. The van der Waals surface area contributed by atoms with Crippen LogP contribution in [0, 0.1) is 6.92 Å². The summed E-state index contributed by atoms with van der Waals surface area (Å²) < 4.78 is 22.3. The first kappa shape index (κ1) is 22.7. The summed E-state index contributed by atoms with van der Waals surface area (Å²) in [6, 6.07) is 17.0. The largest absolute Gasteiger partial charge is 0.484 e. The van der Waals surface area contributed by atoms with E-state index in [2.05, 4.69) is 0 Å². The first-order chi connectivity index (χ1) is 17.9. The number of amides is 2. The number of primary amides is 1. The van der Waals surface area contributed by atoms with E-state index in [1.54, 1.807) is 47.4 Å². The Morgan fingerprint density at radius 1 is 1.03 bits per heavy atom. The van der Waals surface area contributed by atoms with E-state index in [0.29, 0.717) is 33.8 Å². The van der Waals surface area contributed by atoms with E-state index in [0.717, 1.165) is 11.1 Å². The second-order valence-electron chi connectivity index (χ2n) is 9.02. The molecular formula is C28H22N2O7. The van der Waals surface area contributed by atoms with Gasteiger partial charge in [-0.25, -0.2) is 0 Å². The van der Waals surface area contributed by atoms with Gasteiger partial charge in [0.25, 0.3) is 11.8 Å². The fourth-order valence-corrected chi connectivity index (χ4v) is 4.78. The molecule has 2 amide bonds. The first-order valence-electron chi connectivity index (χ1n) is 11.7. The van der Waals surface area contributed by atoms with Crippen LogP contribution in [0.25, 0.3) is 11.0 Å². The average Bonchev–Trinajstić information content (AvgIpc) is 3.46. The standard InChI is InChI=1S/C28H22N2O7/c1-15-2-8-20-19(10-15)26(32)24-25(17-4-6-18(7-5-17)34-13-23(29)31)30(28(33)27(24)37-20)12-16-3-9-21-22(11-16)36-14-35-21/h2-11,25H,12-14H2,1H3,(H2,29,31)/t25-/m1/s1. The van der Waals surface area contributed by atoms with Gasteiger partial charge in [0.2, 0.25) is 12.6 Å². The number of benzene rings is 3. The van der Waals surface area contributed by atoms with Crippen LogP contribution in [0.5, 0.6) is 17.2 Å². The van der Waals surface area contributed by atoms with Gasteiger partial charge < -0.3 is 29.3 Å². The van der Waals surface area contributed by atoms with Gasteiger partial charge in [-0.3, -0.25) is 14.4 Å². The van der Waals surface area contributed by atoms with Crippen molar-refractivity contribution in [2.24, 2.45) is 5.73 Å². The molecule has 0 aliphatic carbocycles. The van der Waals surface area contributed by atoms with Crippen LogP contribution >= 0.6 is 0 Å². The third-order valence-electron chi connectivity index (χ3n) is 6.49. The van der Waals surface area contributed by atoms with Gasteiger partial charge in [0.15, 0.2) is 23.5 Å². The van der Waals surface area contributed by atoms with Crippen molar-refractivity contribution in [2.75, 3.05) is 13.4 Å². The molecule has 2 N–H and O–H groups in total. The Bertz CT molecular complexity index is 1620. The fourth-order valence-electron chi connectivity index (χ4n) is 4.78. The van der Waals surface area contributed by atoms with Crippen molar-refractivity contribution in [1.29, 1.82) is 0 Å². The van der Waals surface area contributed by atoms with Crippen LogP contribution in [-0.4, -0.2) is 30.1 Å². The van der Waals surface area contributed by atoms with Crippen molar-refractivity contribution in [3.05, 3.63) is 98.9 Å². The van der Waals surface area contributed by atoms with Gasteiger partial charge in [-0.05, 0) is 54.4 Å². The lowest BCUT2D eigenvalue weighted by Crippen LogP contribution is -2.29. The summed E-state index contributed by atoms with van der Waals surface area (Å²) in [6.07, 6.45) is 0. The number of nitrogens with zero attached hydrogens (tertiary/aromatic N) is 1. The monoisotopic (exact) mass is 498 g/mol. The lowest BCUT2D eigenvalue weighted by molar-refractivity contribution is -0.119. The Morgan fingerprint density at radius 3 is 2.59 bits per heavy atom. The van der Waals surface area contributed by atoms with E-state index in [-0.39, 0.29) is 42.6 Å². The SMILES string of the molecule is Cc1ccc2oc3c(c(=O)c2c1)[C@@H](c1ccc(OCC(N)=O)cc1)N(Cc1ccc2c(c1)OCO2)C3=O. The molecular weight excluding hydrogens is 476 g/mol. The second kappa shape index (κ2) is 8.70. The van der Waals surface area contributed by atoms with Crippen LogP contribution in [0.4, 0.5) is 0 Å². The zero-order valence-corrected chi connectivity index (χ0v) is 19.9. The number of nitrogens with two attached hydrogens (primary N) is 1. The molecule has 1 aromatic heterocycles. The highest BCUT2D eigenvalue weighted by molar-refractivity contribution is 5.99. The quantitative estimate of drug-likeness (QED) is 0.432. The first-order valence-corrected chi connectivity index (χ1v) is 11.7. The number of rotatable bonds is 6. The highest BCUT2D eigenvalue weighted by atomic mass is 16.7. The van der Waals surface area contributed by atoms with Crippen molar-refractivity contribution >= 4 is 22.8 Å². The normalized spacial score (nSPS) is 15.8. The number of fused-ring (bicyclic) bond motifs is 3. The number of hydrogen-bond donors (Lipinski definition) is 1. The number of hydrogen-bond acceptors (Lipinski definition) is 7. The summed E-state index contributed by atoms with van der Waals surface area (Å²) in [7, 11) is 0. The van der Waals surface area contributed by atoms with Crippen LogP contribution in [0.15, 0.2) is 69.9 Å². The molecule has 2 aliphatic heterocycles. The highest BCUT2D eigenvalue weighted by Gasteiger charge is 2.42. The molecule has 186 valence electrons. The fraction of sp³-hybridized carbons (Fsp3) is 0.179. The van der Waals surface area contributed by atoms with Crippen molar-refractivity contribution in [1.82, 2.24) is 4.90 Å². The van der Waals surface area contributed by atoms with Gasteiger partial charge in [0.05, 0.1) is 17.0 Å². The number of carbonyl (C=O) groups excluding carboxylic acids is 2. The molecule has 0 unspecified atom stereocenters. The molecule has 3 heterocycles. The Hall–Kier alpha value is -4.79. The van der Waals surface area contributed by atoms with Crippen LogP contribution in [0.3, 0.4) is 0 Å². The Morgan fingerprint density at radius 2 is 1.81 bits per heavy atom. The predicted molar refractivity (Wildman–Crippen MR) is 133 cm³/mol. The predicted octanol–water partition coefficient (Wildman–Crippen LogP) is 3.44. The molecule has 9 heteroatoms. The Labute approximate surface area is 210 Å². The number of ether oxygens (including phenoxy) is 3. The maximum absolute atomic E-state index is 13.7. The minimum atomic E-state index is -0.695. The van der Waals surface area contributed by atoms with Gasteiger partial charge in [0, 0.05) is 6.54 Å². The Balaban J connectivity index is 1.46. The van der Waals surface area contributed by atoms with Crippen LogP contribution in [0.2, 0.25) is 0 Å². The summed E-state index contributed by atoms with van der Waals surface area (Å²) in [5, 5.41) is 0.419. The maximum Gasteiger partial charge on any atom is 0.291 e. The molecule has 6 rings (SSSR count). The van der Waals surface area contributed by atoms with E-state index < -0.39 is 11.9 Å². The van der Waals surface area contributed by atoms with Gasteiger partial charge in [-0.15, -0.1) is 0 Å². The van der Waals surface area contributed by atoms with E-state index in [9.17, 15) is 14.4 Å². The summed E-state index contributed by atoms with van der Waals surface area (Å²) >= 11 is 0. The van der Waals surface area contributed by atoms with E-state index in [1.165, 1.54) is 0 Å². The van der Waals surface area contributed by atoms with Gasteiger partial charge in [-0.1, -0.05) is 29.8 Å². The number of carbonyl (C=O) groups is 2. The van der Waals surface area contributed by atoms with Gasteiger partial charge in [-0.2, -0.15) is 0 Å². The lowest BCUT2D eigenvalue weighted by Gasteiger charge is -2.25.